The summed E-state index contributed by atoms with van der Waals surface area (Å²) in [6, 6.07) is 0.498. The molecule has 2 rings (SSSR count). The maximum Gasteiger partial charge on any atom is 0.315 e. The van der Waals surface area contributed by atoms with Crippen molar-refractivity contribution in [1.29, 1.82) is 0 Å². The molecule has 3 N–H and O–H groups in total. The first-order valence-electron chi connectivity index (χ1n) is 8.74. The van der Waals surface area contributed by atoms with Crippen LogP contribution in [0, 0.1) is 0 Å². The van der Waals surface area contributed by atoms with Gasteiger partial charge in [-0.05, 0) is 19.3 Å². The van der Waals surface area contributed by atoms with Crippen molar-refractivity contribution < 1.29 is 14.7 Å². The predicted octanol–water partition coefficient (Wildman–Crippen LogP) is 0.749. The van der Waals surface area contributed by atoms with E-state index in [2.05, 4.69) is 16.0 Å². The molecule has 0 aromatic rings. The highest BCUT2D eigenvalue weighted by molar-refractivity contribution is 8.00. The van der Waals surface area contributed by atoms with Crippen LogP contribution in [0.1, 0.15) is 51.4 Å². The van der Waals surface area contributed by atoms with Gasteiger partial charge in [-0.1, -0.05) is 25.7 Å². The fourth-order valence-electron chi connectivity index (χ4n) is 3.17. The number of rotatable bonds is 11. The van der Waals surface area contributed by atoms with Crippen LogP contribution < -0.4 is 21.1 Å². The number of unbranched alkanes of at least 4 members (excludes halogenated alkanes) is 4. The lowest BCUT2D eigenvalue weighted by Gasteiger charge is -2.16. The van der Waals surface area contributed by atoms with Crippen molar-refractivity contribution in [3.63, 3.8) is 0 Å². The Balaban J connectivity index is 1.46. The van der Waals surface area contributed by atoms with Gasteiger partial charge in [0.05, 0.1) is 12.1 Å². The van der Waals surface area contributed by atoms with Gasteiger partial charge >= 0.3 is 6.03 Å². The van der Waals surface area contributed by atoms with E-state index in [1.54, 1.807) is 0 Å². The van der Waals surface area contributed by atoms with Crippen molar-refractivity contribution in [3.05, 3.63) is 0 Å². The lowest BCUT2D eigenvalue weighted by molar-refractivity contribution is -0.368. The van der Waals surface area contributed by atoms with Crippen molar-refractivity contribution in [2.45, 2.75) is 68.7 Å². The Bertz CT molecular complexity index is 395. The summed E-state index contributed by atoms with van der Waals surface area (Å²) in [5, 5.41) is 19.6. The normalized spacial score (nSPS) is 25.8. The molecule has 0 bridgehead atoms. The minimum Gasteiger partial charge on any atom is -0.854 e. The number of thioether (sulfide) groups is 1. The molecule has 0 aromatic heterocycles. The molecule has 0 saturated carbocycles. The number of fused-ring (bicyclic) bond motifs is 1. The van der Waals surface area contributed by atoms with E-state index in [-0.39, 0.29) is 30.6 Å². The maximum absolute atomic E-state index is 11.7. The Morgan fingerprint density at radius 2 is 2.00 bits per heavy atom. The molecule has 2 heterocycles. The van der Waals surface area contributed by atoms with Gasteiger partial charge < -0.3 is 21.1 Å². The third-order valence-corrected chi connectivity index (χ3v) is 5.98. The zero-order chi connectivity index (χ0) is 16.5. The van der Waals surface area contributed by atoms with Crippen LogP contribution in [0.5, 0.6) is 0 Å². The third kappa shape index (κ3) is 6.22. The molecule has 2 aliphatic heterocycles. The van der Waals surface area contributed by atoms with Crippen molar-refractivity contribution in [3.8, 4) is 0 Å². The molecule has 3 atom stereocenters. The maximum atomic E-state index is 11.7. The molecule has 0 spiro atoms. The van der Waals surface area contributed by atoms with Crippen LogP contribution in [-0.2, 0) is 4.79 Å². The van der Waals surface area contributed by atoms with Gasteiger partial charge in [-0.2, -0.15) is 11.8 Å². The van der Waals surface area contributed by atoms with Crippen LogP contribution in [0.15, 0.2) is 0 Å². The van der Waals surface area contributed by atoms with Gasteiger partial charge in [0, 0.05) is 24.0 Å². The Morgan fingerprint density at radius 3 is 2.83 bits per heavy atom. The zero-order valence-electron chi connectivity index (χ0n) is 13.6. The number of carbonyl (C=O) groups is 2. The van der Waals surface area contributed by atoms with E-state index in [0.717, 1.165) is 57.2 Å². The lowest BCUT2D eigenvalue weighted by Crippen LogP contribution is -2.36. The Kier molecular flexibility index (Phi) is 8.02. The van der Waals surface area contributed by atoms with E-state index in [9.17, 15) is 14.7 Å². The summed E-state index contributed by atoms with van der Waals surface area (Å²) in [5.41, 5.74) is 0. The van der Waals surface area contributed by atoms with Gasteiger partial charge in [0.15, 0.2) is 0 Å². The molecular weight excluding hydrogens is 314 g/mol. The molecule has 3 amide bonds. The van der Waals surface area contributed by atoms with E-state index < -0.39 is 0 Å². The molecule has 3 unspecified atom stereocenters. The Hall–Kier alpha value is -0.950. The molecule has 0 aliphatic carbocycles. The van der Waals surface area contributed by atoms with Gasteiger partial charge in [0.2, 0.25) is 5.91 Å². The first-order valence-corrected chi connectivity index (χ1v) is 9.79. The quantitative estimate of drug-likeness (QED) is 0.381. The van der Waals surface area contributed by atoms with Crippen molar-refractivity contribution >= 4 is 23.7 Å². The molecule has 0 aromatic carbocycles. The number of urea groups is 1. The van der Waals surface area contributed by atoms with E-state index in [1.165, 1.54) is 0 Å². The topological polar surface area (TPSA) is 93.3 Å². The van der Waals surface area contributed by atoms with E-state index >= 15 is 0 Å². The highest BCUT2D eigenvalue weighted by Gasteiger charge is 2.42. The van der Waals surface area contributed by atoms with Gasteiger partial charge in [-0.15, -0.1) is 6.61 Å². The van der Waals surface area contributed by atoms with Gasteiger partial charge in [-0.3, -0.25) is 4.79 Å². The van der Waals surface area contributed by atoms with E-state index in [4.69, 9.17) is 0 Å². The first kappa shape index (κ1) is 18.4. The Morgan fingerprint density at radius 1 is 1.17 bits per heavy atom. The highest BCUT2D eigenvalue weighted by Crippen LogP contribution is 2.33. The average Bonchev–Trinajstić information content (AvgIpc) is 3.07. The molecule has 2 fully saturated rings. The van der Waals surface area contributed by atoms with Crippen LogP contribution in [0.3, 0.4) is 0 Å². The standard InChI is InChI=1S/C16H28N3O3S/c20-10-6-2-1-5-9-17-14(21)8-4-3-7-13-15-12(11-23-13)18-16(22)19-15/h12-13,15H,1-11H2,(H,17,21)(H2,18,19,22)/q-1. The summed E-state index contributed by atoms with van der Waals surface area (Å²) in [4.78, 5) is 23.0. The SMILES string of the molecule is O=C(CCCCC1SCC2NC(=O)NC21)NCCCCCC[O-]. The average molecular weight is 342 g/mol. The fourth-order valence-corrected chi connectivity index (χ4v) is 4.71. The van der Waals surface area contributed by atoms with E-state index in [0.29, 0.717) is 11.7 Å². The molecule has 6 nitrogen and oxygen atoms in total. The number of nitrogens with one attached hydrogen (secondary N) is 3. The molecule has 132 valence electrons. The van der Waals surface area contributed by atoms with Gasteiger partial charge in [0.25, 0.3) is 0 Å². The summed E-state index contributed by atoms with van der Waals surface area (Å²) < 4.78 is 0. The van der Waals surface area contributed by atoms with Gasteiger partial charge in [-0.25, -0.2) is 4.79 Å². The van der Waals surface area contributed by atoms with Crippen molar-refractivity contribution in [2.24, 2.45) is 0 Å². The van der Waals surface area contributed by atoms with Crippen LogP contribution >= 0.6 is 11.8 Å². The monoisotopic (exact) mass is 342 g/mol. The summed E-state index contributed by atoms with van der Waals surface area (Å²) >= 11 is 1.92. The van der Waals surface area contributed by atoms with Crippen LogP contribution in [0.25, 0.3) is 0 Å². The minimum absolute atomic E-state index is 0.00693. The molecular formula is C16H28N3O3S-. The van der Waals surface area contributed by atoms with Crippen molar-refractivity contribution in [1.82, 2.24) is 16.0 Å². The first-order chi connectivity index (χ1) is 11.2. The molecule has 23 heavy (non-hydrogen) atoms. The fraction of sp³-hybridized carbons (Fsp3) is 0.875. The highest BCUT2D eigenvalue weighted by atomic mass is 32.2. The summed E-state index contributed by atoms with van der Waals surface area (Å²) in [5.74, 6) is 1.11. The molecule has 2 aliphatic rings. The number of hydrogen-bond acceptors (Lipinski definition) is 4. The zero-order valence-corrected chi connectivity index (χ0v) is 14.5. The molecule has 2 saturated heterocycles. The predicted molar refractivity (Wildman–Crippen MR) is 90.3 cm³/mol. The second-order valence-electron chi connectivity index (χ2n) is 6.34. The number of amides is 3. The van der Waals surface area contributed by atoms with Crippen LogP contribution in [0.4, 0.5) is 4.79 Å². The molecule has 0 radical (unpaired) electrons. The van der Waals surface area contributed by atoms with Crippen LogP contribution in [-0.4, -0.2) is 48.2 Å². The number of carbonyl (C=O) groups excluding carboxylic acids is 2. The van der Waals surface area contributed by atoms with Crippen molar-refractivity contribution in [2.75, 3.05) is 18.9 Å². The summed E-state index contributed by atoms with van der Waals surface area (Å²) in [7, 11) is 0. The second-order valence-corrected chi connectivity index (χ2v) is 7.61. The minimum atomic E-state index is -0.0417. The number of hydrogen-bond donors (Lipinski definition) is 3. The van der Waals surface area contributed by atoms with Crippen LogP contribution in [0.2, 0.25) is 0 Å². The summed E-state index contributed by atoms with van der Waals surface area (Å²) in [6.07, 6.45) is 7.24. The Labute approximate surface area is 142 Å². The smallest absolute Gasteiger partial charge is 0.315 e. The van der Waals surface area contributed by atoms with E-state index in [1.807, 2.05) is 11.8 Å². The molecule has 7 heteroatoms. The second kappa shape index (κ2) is 10.0. The third-order valence-electron chi connectivity index (χ3n) is 4.47. The van der Waals surface area contributed by atoms with Gasteiger partial charge in [0.1, 0.15) is 0 Å². The summed E-state index contributed by atoms with van der Waals surface area (Å²) in [6.45, 7) is 0.727. The largest absolute Gasteiger partial charge is 0.854 e. The lowest BCUT2D eigenvalue weighted by atomic mass is 10.0.